The number of aromatic amines is 1. The fourth-order valence-electron chi connectivity index (χ4n) is 1.60. The zero-order valence-corrected chi connectivity index (χ0v) is 11.2. The molecular weight excluding hydrogens is 285 g/mol. The van der Waals surface area contributed by atoms with E-state index in [2.05, 4.69) is 15.0 Å². The van der Waals surface area contributed by atoms with Crippen LogP contribution in [0.3, 0.4) is 0 Å². The van der Waals surface area contributed by atoms with Gasteiger partial charge in [0.25, 0.3) is 0 Å². The summed E-state index contributed by atoms with van der Waals surface area (Å²) in [5.41, 5.74) is 0.134. The monoisotopic (exact) mass is 295 g/mol. The average molecular weight is 295 g/mol. The number of rotatable bonds is 4. The van der Waals surface area contributed by atoms with E-state index in [9.17, 15) is 14.0 Å². The first-order valence-corrected chi connectivity index (χ1v) is 6.52. The standard InChI is InChI=1S/C12H10FN3O3S/c1-6-9(11(17)18)10(16-12(19)15-6)20-5-7-2-8(13)4-14-3-7/h2-4H,5H2,1H3,(H,17,18)(H,15,16,19). The third-order valence-corrected chi connectivity index (χ3v) is 3.48. The molecule has 20 heavy (non-hydrogen) atoms. The minimum atomic E-state index is -1.17. The van der Waals surface area contributed by atoms with Crippen LogP contribution in [0.4, 0.5) is 4.39 Å². The molecular formula is C12H10FN3O3S. The molecule has 0 saturated carbocycles. The average Bonchev–Trinajstić information content (AvgIpc) is 2.35. The molecule has 6 nitrogen and oxygen atoms in total. The van der Waals surface area contributed by atoms with E-state index in [-0.39, 0.29) is 22.0 Å². The van der Waals surface area contributed by atoms with Crippen LogP contribution < -0.4 is 5.69 Å². The van der Waals surface area contributed by atoms with Crippen LogP contribution in [0.1, 0.15) is 21.6 Å². The highest BCUT2D eigenvalue weighted by molar-refractivity contribution is 7.98. The first-order valence-electron chi connectivity index (χ1n) is 5.54. The fourth-order valence-corrected chi connectivity index (χ4v) is 2.60. The van der Waals surface area contributed by atoms with Crippen molar-refractivity contribution in [1.29, 1.82) is 0 Å². The second kappa shape index (κ2) is 5.83. The number of carboxylic acids is 1. The van der Waals surface area contributed by atoms with Gasteiger partial charge in [-0.2, -0.15) is 4.98 Å². The van der Waals surface area contributed by atoms with Gasteiger partial charge in [-0.05, 0) is 18.6 Å². The minimum absolute atomic E-state index is 0.0565. The van der Waals surface area contributed by atoms with Crippen LogP contribution in [0, 0.1) is 12.7 Å². The summed E-state index contributed by atoms with van der Waals surface area (Å²) in [6.45, 7) is 1.49. The number of nitrogens with one attached hydrogen (secondary N) is 1. The number of thioether (sulfide) groups is 1. The minimum Gasteiger partial charge on any atom is -0.478 e. The molecule has 0 aliphatic heterocycles. The second-order valence-corrected chi connectivity index (χ2v) is 4.92. The predicted molar refractivity (Wildman–Crippen MR) is 70.3 cm³/mol. The molecule has 0 spiro atoms. The number of aromatic carboxylic acids is 1. The second-order valence-electron chi connectivity index (χ2n) is 3.95. The number of hydrogen-bond donors (Lipinski definition) is 2. The highest BCUT2D eigenvalue weighted by atomic mass is 32.2. The maximum Gasteiger partial charge on any atom is 0.346 e. The molecule has 0 amide bonds. The first kappa shape index (κ1) is 14.2. The fraction of sp³-hybridized carbons (Fsp3) is 0.167. The lowest BCUT2D eigenvalue weighted by molar-refractivity contribution is 0.0690. The van der Waals surface area contributed by atoms with Gasteiger partial charge in [-0.15, -0.1) is 11.8 Å². The largest absolute Gasteiger partial charge is 0.478 e. The first-order chi connectivity index (χ1) is 9.47. The van der Waals surface area contributed by atoms with Gasteiger partial charge in [-0.3, -0.25) is 4.98 Å². The summed E-state index contributed by atoms with van der Waals surface area (Å²) < 4.78 is 13.0. The lowest BCUT2D eigenvalue weighted by Crippen LogP contribution is -2.18. The van der Waals surface area contributed by atoms with Crippen LogP contribution in [-0.2, 0) is 5.75 Å². The molecule has 2 rings (SSSR count). The third-order valence-electron chi connectivity index (χ3n) is 2.44. The Labute approximate surface area is 117 Å². The molecule has 0 unspecified atom stereocenters. The molecule has 2 N–H and O–H groups in total. The topological polar surface area (TPSA) is 95.9 Å². The number of aryl methyl sites for hydroxylation is 1. The summed E-state index contributed by atoms with van der Waals surface area (Å²) >= 11 is 1.05. The molecule has 0 aromatic carbocycles. The molecule has 2 heterocycles. The Balaban J connectivity index is 2.29. The van der Waals surface area contributed by atoms with Gasteiger partial charge >= 0.3 is 11.7 Å². The maximum absolute atomic E-state index is 13.0. The molecule has 0 atom stereocenters. The SMILES string of the molecule is Cc1[nH]c(=O)nc(SCc2cncc(F)c2)c1C(=O)O. The quantitative estimate of drug-likeness (QED) is 0.657. The van der Waals surface area contributed by atoms with Gasteiger partial charge in [0, 0.05) is 17.6 Å². The van der Waals surface area contributed by atoms with E-state index < -0.39 is 17.5 Å². The van der Waals surface area contributed by atoms with Crippen molar-refractivity contribution in [2.24, 2.45) is 0 Å². The van der Waals surface area contributed by atoms with Crippen molar-refractivity contribution in [3.05, 3.63) is 51.6 Å². The highest BCUT2D eigenvalue weighted by Gasteiger charge is 2.17. The molecule has 0 saturated heterocycles. The highest BCUT2D eigenvalue weighted by Crippen LogP contribution is 2.24. The number of H-pyrrole nitrogens is 1. The van der Waals surface area contributed by atoms with Crippen molar-refractivity contribution in [2.45, 2.75) is 17.7 Å². The number of aromatic nitrogens is 3. The number of nitrogens with zero attached hydrogens (tertiary/aromatic N) is 2. The van der Waals surface area contributed by atoms with E-state index in [1.807, 2.05) is 0 Å². The van der Waals surface area contributed by atoms with Crippen molar-refractivity contribution in [2.75, 3.05) is 0 Å². The summed E-state index contributed by atoms with van der Waals surface area (Å²) in [5, 5.41) is 9.23. The van der Waals surface area contributed by atoms with Crippen LogP contribution in [0.2, 0.25) is 0 Å². The molecule has 8 heteroatoms. The molecule has 2 aromatic heterocycles. The van der Waals surface area contributed by atoms with Gasteiger partial charge in [0.1, 0.15) is 16.4 Å². The predicted octanol–water partition coefficient (Wildman–Crippen LogP) is 1.60. The van der Waals surface area contributed by atoms with Crippen molar-refractivity contribution >= 4 is 17.7 Å². The summed E-state index contributed by atoms with van der Waals surface area (Å²) in [6, 6.07) is 1.29. The van der Waals surface area contributed by atoms with E-state index in [1.54, 1.807) is 0 Å². The molecule has 0 aliphatic rings. The van der Waals surface area contributed by atoms with Gasteiger partial charge in [-0.1, -0.05) is 0 Å². The Hall–Kier alpha value is -2.22. The van der Waals surface area contributed by atoms with Crippen LogP contribution in [-0.4, -0.2) is 26.0 Å². The van der Waals surface area contributed by atoms with E-state index >= 15 is 0 Å². The Kier molecular flexibility index (Phi) is 4.14. The smallest absolute Gasteiger partial charge is 0.346 e. The van der Waals surface area contributed by atoms with E-state index in [4.69, 9.17) is 5.11 Å². The zero-order valence-electron chi connectivity index (χ0n) is 10.4. The van der Waals surface area contributed by atoms with Gasteiger partial charge in [0.2, 0.25) is 0 Å². The number of pyridine rings is 1. The Morgan fingerprint density at radius 1 is 1.50 bits per heavy atom. The summed E-state index contributed by atoms with van der Waals surface area (Å²) in [7, 11) is 0. The van der Waals surface area contributed by atoms with Gasteiger partial charge in [0.05, 0.1) is 6.20 Å². The lowest BCUT2D eigenvalue weighted by Gasteiger charge is -2.06. The molecule has 104 valence electrons. The Morgan fingerprint density at radius 2 is 2.25 bits per heavy atom. The van der Waals surface area contributed by atoms with Crippen molar-refractivity contribution < 1.29 is 14.3 Å². The van der Waals surface area contributed by atoms with E-state index in [0.717, 1.165) is 18.0 Å². The Morgan fingerprint density at radius 3 is 2.90 bits per heavy atom. The third kappa shape index (κ3) is 3.21. The molecule has 0 bridgehead atoms. The van der Waals surface area contributed by atoms with Crippen LogP contribution in [0.25, 0.3) is 0 Å². The summed E-state index contributed by atoms with van der Waals surface area (Å²) in [5.74, 6) is -1.39. The number of carbonyl (C=O) groups is 1. The lowest BCUT2D eigenvalue weighted by atomic mass is 10.2. The van der Waals surface area contributed by atoms with Crippen molar-refractivity contribution in [3.63, 3.8) is 0 Å². The molecule has 0 fully saturated rings. The Bertz CT molecular complexity index is 717. The van der Waals surface area contributed by atoms with Gasteiger partial charge < -0.3 is 10.1 Å². The van der Waals surface area contributed by atoms with E-state index in [1.165, 1.54) is 19.2 Å². The maximum atomic E-state index is 13.0. The molecule has 0 radical (unpaired) electrons. The van der Waals surface area contributed by atoms with Crippen LogP contribution in [0.5, 0.6) is 0 Å². The van der Waals surface area contributed by atoms with Gasteiger partial charge in [0.15, 0.2) is 0 Å². The van der Waals surface area contributed by atoms with Gasteiger partial charge in [-0.25, -0.2) is 14.0 Å². The van der Waals surface area contributed by atoms with Crippen molar-refractivity contribution in [3.8, 4) is 0 Å². The molecule has 0 aliphatic carbocycles. The van der Waals surface area contributed by atoms with Crippen LogP contribution in [0.15, 0.2) is 28.3 Å². The number of carboxylic acid groups (broad SMARTS) is 1. The zero-order chi connectivity index (χ0) is 14.7. The normalized spacial score (nSPS) is 10.5. The number of hydrogen-bond acceptors (Lipinski definition) is 5. The van der Waals surface area contributed by atoms with Crippen LogP contribution >= 0.6 is 11.8 Å². The molecule has 2 aromatic rings. The number of halogens is 1. The summed E-state index contributed by atoms with van der Waals surface area (Å²) in [6.07, 6.45) is 2.54. The van der Waals surface area contributed by atoms with Crippen molar-refractivity contribution in [1.82, 2.24) is 15.0 Å². The summed E-state index contributed by atoms with van der Waals surface area (Å²) in [4.78, 5) is 32.2. The van der Waals surface area contributed by atoms with E-state index in [0.29, 0.717) is 5.56 Å².